The first-order valence-corrected chi connectivity index (χ1v) is 12.4. The number of para-hydroxylation sites is 1. The first-order valence-electron chi connectivity index (χ1n) is 12.4. The summed E-state index contributed by atoms with van der Waals surface area (Å²) in [6, 6.07) is 18.6. The molecule has 0 bridgehead atoms. The number of carbonyl (C=O) groups is 1. The van der Waals surface area contributed by atoms with Crippen molar-refractivity contribution in [2.24, 2.45) is 11.8 Å². The van der Waals surface area contributed by atoms with E-state index < -0.39 is 11.8 Å². The molecular weight excluding hydrogens is 476 g/mol. The second kappa shape index (κ2) is 10.2. The molecule has 1 aliphatic carbocycles. The number of hydrogen-bond donors (Lipinski definition) is 3. The fourth-order valence-corrected chi connectivity index (χ4v) is 4.94. The lowest BCUT2D eigenvalue weighted by molar-refractivity contribution is -0.160. The van der Waals surface area contributed by atoms with Gasteiger partial charge in [-0.1, -0.05) is 18.2 Å². The Bertz CT molecular complexity index is 1280. The van der Waals surface area contributed by atoms with Gasteiger partial charge in [0.2, 0.25) is 11.8 Å². The summed E-state index contributed by atoms with van der Waals surface area (Å²) in [5, 5.41) is 12.2. The van der Waals surface area contributed by atoms with Crippen LogP contribution in [0.4, 0.5) is 26.0 Å². The third kappa shape index (κ3) is 5.55. The summed E-state index contributed by atoms with van der Waals surface area (Å²) in [5.74, 6) is -2.13. The van der Waals surface area contributed by atoms with Gasteiger partial charge in [-0.25, -0.2) is 13.8 Å². The minimum atomic E-state index is -2.73. The molecule has 192 valence electrons. The van der Waals surface area contributed by atoms with Crippen molar-refractivity contribution in [3.8, 4) is 11.5 Å². The molecule has 7 nitrogen and oxygen atoms in total. The maximum atomic E-state index is 13.3. The van der Waals surface area contributed by atoms with Gasteiger partial charge in [-0.3, -0.25) is 4.79 Å². The minimum Gasteiger partial charge on any atom is -0.457 e. The number of rotatable bonds is 7. The molecule has 9 heteroatoms. The molecule has 1 aromatic heterocycles. The average Bonchev–Trinajstić information content (AvgIpc) is 2.89. The monoisotopic (exact) mass is 505 g/mol. The van der Waals surface area contributed by atoms with Gasteiger partial charge in [0, 0.05) is 60.9 Å². The Morgan fingerprint density at radius 3 is 2.46 bits per heavy atom. The van der Waals surface area contributed by atoms with Crippen molar-refractivity contribution >= 4 is 28.8 Å². The number of nitrogens with two attached hydrogens (primary N) is 1. The van der Waals surface area contributed by atoms with Crippen LogP contribution in [0.5, 0.6) is 11.5 Å². The maximum Gasteiger partial charge on any atom is 0.249 e. The Labute approximate surface area is 214 Å². The molecule has 2 aromatic carbocycles. The molecule has 1 saturated heterocycles. The van der Waals surface area contributed by atoms with E-state index >= 15 is 0 Å². The number of alkyl halides is 2. The number of piperidine rings is 1. The van der Waals surface area contributed by atoms with Gasteiger partial charge in [0.1, 0.15) is 17.3 Å². The molecule has 1 aliphatic heterocycles. The van der Waals surface area contributed by atoms with Crippen molar-refractivity contribution in [1.82, 2.24) is 9.88 Å². The molecule has 37 heavy (non-hydrogen) atoms. The number of anilines is 3. The Kier molecular flexibility index (Phi) is 6.78. The summed E-state index contributed by atoms with van der Waals surface area (Å²) in [7, 11) is 0. The van der Waals surface area contributed by atoms with E-state index in [-0.39, 0.29) is 30.5 Å². The van der Waals surface area contributed by atoms with Crippen molar-refractivity contribution in [1.29, 1.82) is 5.41 Å². The molecule has 1 amide bonds. The highest BCUT2D eigenvalue weighted by molar-refractivity contribution is 6.07. The Morgan fingerprint density at radius 1 is 1.05 bits per heavy atom. The van der Waals surface area contributed by atoms with E-state index in [2.05, 4.69) is 10.3 Å². The fourth-order valence-electron chi connectivity index (χ4n) is 4.94. The van der Waals surface area contributed by atoms with Gasteiger partial charge in [-0.15, -0.1) is 0 Å². The highest BCUT2D eigenvalue weighted by atomic mass is 19.3. The number of nitrogens with zero attached hydrogens (tertiary/aromatic N) is 2. The molecule has 2 heterocycles. The molecule has 1 atom stereocenters. The Hall–Kier alpha value is -4.01. The lowest BCUT2D eigenvalue weighted by Crippen LogP contribution is -2.50. The standard InChI is InChI=1S/C28H29F2N5O2/c29-28(30)15-19(16-28)27(36)35-14-4-5-18(17-35)24(31)23-12-13-33-26(32)25(23)34-20-8-10-22(11-9-20)37-21-6-2-1-3-7-21/h1-3,6-13,18-19,31,34H,4-5,14-17H2,(H2,32,33)/t18-/m1/s1. The lowest BCUT2D eigenvalue weighted by Gasteiger charge is -2.40. The highest BCUT2D eigenvalue weighted by Crippen LogP contribution is 2.43. The summed E-state index contributed by atoms with van der Waals surface area (Å²) in [6.07, 6.45) is 2.25. The quantitative estimate of drug-likeness (QED) is 0.349. The van der Waals surface area contributed by atoms with E-state index in [0.717, 1.165) is 17.9 Å². The van der Waals surface area contributed by atoms with E-state index in [1.54, 1.807) is 17.2 Å². The molecule has 2 aliphatic rings. The van der Waals surface area contributed by atoms with Gasteiger partial charge >= 0.3 is 0 Å². The van der Waals surface area contributed by atoms with Gasteiger partial charge < -0.3 is 26.1 Å². The van der Waals surface area contributed by atoms with E-state index in [1.165, 1.54) is 0 Å². The van der Waals surface area contributed by atoms with Crippen LogP contribution in [0.1, 0.15) is 31.2 Å². The number of nitrogens with one attached hydrogen (secondary N) is 2. The lowest BCUT2D eigenvalue weighted by atomic mass is 9.79. The van der Waals surface area contributed by atoms with E-state index in [0.29, 0.717) is 42.2 Å². The number of pyridine rings is 1. The number of ether oxygens (including phenoxy) is 1. The van der Waals surface area contributed by atoms with Gasteiger partial charge in [0.15, 0.2) is 0 Å². The molecule has 5 rings (SSSR count). The fraction of sp³-hybridized carbons (Fsp3) is 0.321. The number of likely N-dealkylation sites (tertiary alicyclic amines) is 1. The number of hydrogen-bond acceptors (Lipinski definition) is 6. The molecular formula is C28H29F2N5O2. The summed E-state index contributed by atoms with van der Waals surface area (Å²) >= 11 is 0. The third-order valence-corrected chi connectivity index (χ3v) is 6.95. The van der Waals surface area contributed by atoms with Gasteiger partial charge in [-0.05, 0) is 55.3 Å². The third-order valence-electron chi connectivity index (χ3n) is 6.95. The molecule has 2 fully saturated rings. The average molecular weight is 506 g/mol. The van der Waals surface area contributed by atoms with Gasteiger partial charge in [-0.2, -0.15) is 0 Å². The van der Waals surface area contributed by atoms with Crippen molar-refractivity contribution in [2.45, 2.75) is 31.6 Å². The van der Waals surface area contributed by atoms with Crippen LogP contribution in [0.15, 0.2) is 66.9 Å². The SMILES string of the molecule is N=C(c1ccnc(N)c1Nc1ccc(Oc2ccccc2)cc1)[C@@H]1CCCN(C(=O)C2CC(F)(F)C2)C1. The van der Waals surface area contributed by atoms with Crippen LogP contribution in [-0.2, 0) is 4.79 Å². The van der Waals surface area contributed by atoms with Crippen molar-refractivity contribution < 1.29 is 18.3 Å². The number of amides is 1. The Balaban J connectivity index is 1.28. The summed E-state index contributed by atoms with van der Waals surface area (Å²) in [4.78, 5) is 18.6. The van der Waals surface area contributed by atoms with Crippen molar-refractivity contribution in [2.75, 3.05) is 24.1 Å². The maximum absolute atomic E-state index is 13.3. The van der Waals surface area contributed by atoms with Crippen LogP contribution in [0.25, 0.3) is 0 Å². The second-order valence-corrected chi connectivity index (χ2v) is 9.68. The molecule has 0 spiro atoms. The zero-order valence-electron chi connectivity index (χ0n) is 20.3. The van der Waals surface area contributed by atoms with Crippen LogP contribution < -0.4 is 15.8 Å². The summed E-state index contributed by atoms with van der Waals surface area (Å²) in [6.45, 7) is 0.874. The topological polar surface area (TPSA) is 104 Å². The minimum absolute atomic E-state index is 0.220. The zero-order valence-corrected chi connectivity index (χ0v) is 20.3. The highest BCUT2D eigenvalue weighted by Gasteiger charge is 2.50. The number of aromatic nitrogens is 1. The van der Waals surface area contributed by atoms with Crippen LogP contribution in [0.2, 0.25) is 0 Å². The van der Waals surface area contributed by atoms with E-state index in [4.69, 9.17) is 15.9 Å². The number of halogens is 2. The van der Waals surface area contributed by atoms with Crippen LogP contribution in [-0.4, -0.2) is 40.5 Å². The van der Waals surface area contributed by atoms with Crippen molar-refractivity contribution in [3.63, 3.8) is 0 Å². The van der Waals surface area contributed by atoms with Crippen LogP contribution in [0.3, 0.4) is 0 Å². The van der Waals surface area contributed by atoms with Crippen LogP contribution >= 0.6 is 0 Å². The van der Waals surface area contributed by atoms with Crippen molar-refractivity contribution in [3.05, 3.63) is 72.4 Å². The normalized spacial score (nSPS) is 19.1. The zero-order chi connectivity index (χ0) is 26.0. The number of carbonyl (C=O) groups excluding carboxylic acids is 1. The second-order valence-electron chi connectivity index (χ2n) is 9.68. The molecule has 0 unspecified atom stereocenters. The predicted octanol–water partition coefficient (Wildman–Crippen LogP) is 5.85. The number of nitrogen functional groups attached to an aromatic ring is 1. The molecule has 3 aromatic rings. The first-order chi connectivity index (χ1) is 17.8. The smallest absolute Gasteiger partial charge is 0.249 e. The van der Waals surface area contributed by atoms with E-state index in [9.17, 15) is 13.6 Å². The first kappa shape index (κ1) is 24.7. The summed E-state index contributed by atoms with van der Waals surface area (Å²) < 4.78 is 32.4. The van der Waals surface area contributed by atoms with Crippen LogP contribution in [0, 0.1) is 17.2 Å². The molecule has 4 N–H and O–H groups in total. The largest absolute Gasteiger partial charge is 0.457 e. The number of benzene rings is 2. The predicted molar refractivity (Wildman–Crippen MR) is 139 cm³/mol. The Morgan fingerprint density at radius 2 is 1.76 bits per heavy atom. The van der Waals surface area contributed by atoms with Gasteiger partial charge in [0.05, 0.1) is 5.69 Å². The summed E-state index contributed by atoms with van der Waals surface area (Å²) in [5.41, 5.74) is 8.42. The van der Waals surface area contributed by atoms with Gasteiger partial charge in [0.25, 0.3) is 0 Å². The van der Waals surface area contributed by atoms with E-state index in [1.807, 2.05) is 54.6 Å². The molecule has 1 saturated carbocycles. The molecule has 0 radical (unpaired) electrons.